The Hall–Kier alpha value is -14.1. The number of allylic oxidation sites excluding steroid dienone is 2. The molecule has 0 bridgehead atoms. The highest BCUT2D eigenvalue weighted by atomic mass is 16.4. The number of aliphatic imine (C=N–C) groups is 1. The van der Waals surface area contributed by atoms with E-state index in [0.717, 1.165) is 219 Å². The Labute approximate surface area is 841 Å². The summed E-state index contributed by atoms with van der Waals surface area (Å²) in [7, 11) is 3.61. The first-order chi connectivity index (χ1) is 69.6. The van der Waals surface area contributed by atoms with Gasteiger partial charge in [0, 0.05) is 198 Å². The number of hydrogen-bond donors (Lipinski definition) is 6. The Kier molecular flexibility index (Phi) is 27.0. The molecule has 145 heavy (non-hydrogen) atoms. The zero-order valence-corrected chi connectivity index (χ0v) is 84.5. The Bertz CT molecular complexity index is 6700. The topological polar surface area (TPSA) is 446 Å². The van der Waals surface area contributed by atoms with Gasteiger partial charge in [-0.3, -0.25) is 83.5 Å². The van der Waals surface area contributed by atoms with Crippen LogP contribution in [0.2, 0.25) is 0 Å². The Balaban J connectivity index is 0.000000156. The number of carboxylic acids is 1. The van der Waals surface area contributed by atoms with Crippen molar-refractivity contribution in [2.45, 2.75) is 200 Å². The van der Waals surface area contributed by atoms with Crippen LogP contribution in [0.4, 0.5) is 46.3 Å². The molecule has 9 amide bonds. The smallest absolute Gasteiger partial charge is 0.335 e. The van der Waals surface area contributed by atoms with Crippen LogP contribution in [0.1, 0.15) is 204 Å². The average molecular weight is 1970 g/mol. The number of piperazine rings is 2. The molecular weight excluding hydrogens is 1840 g/mol. The number of nitrogens with zero attached hydrogens (tertiary/aromatic N) is 24. The van der Waals surface area contributed by atoms with Crippen LogP contribution in [0.3, 0.4) is 0 Å². The van der Waals surface area contributed by atoms with Gasteiger partial charge in [0.2, 0.25) is 35.5 Å². The monoisotopic (exact) mass is 1970 g/mol. The summed E-state index contributed by atoms with van der Waals surface area (Å²) in [6, 6.07) is 30.8. The summed E-state index contributed by atoms with van der Waals surface area (Å²) in [5, 5.41) is 49.2. The third kappa shape index (κ3) is 19.1. The lowest BCUT2D eigenvalue weighted by Crippen LogP contribution is -2.58. The molecule has 40 heteroatoms. The van der Waals surface area contributed by atoms with E-state index in [4.69, 9.17) is 20.7 Å². The predicted molar refractivity (Wildman–Crippen MR) is 547 cm³/mol. The van der Waals surface area contributed by atoms with Crippen LogP contribution in [-0.4, -0.2) is 315 Å². The molecule has 8 fully saturated rings. The van der Waals surface area contributed by atoms with Gasteiger partial charge in [-0.2, -0.15) is 5.10 Å². The number of amides is 9. The number of anilines is 8. The third-order valence-corrected chi connectivity index (χ3v) is 32.7. The summed E-state index contributed by atoms with van der Waals surface area (Å²) in [6.45, 7) is 37.3. The highest BCUT2D eigenvalue weighted by molar-refractivity contribution is 6.25. The summed E-state index contributed by atoms with van der Waals surface area (Å²) >= 11 is 0. The number of benzene rings is 4. The summed E-state index contributed by atoms with van der Waals surface area (Å²) in [6.07, 6.45) is 13.4. The molecule has 40 nitrogen and oxygen atoms in total. The fourth-order valence-corrected chi connectivity index (χ4v) is 24.4. The number of carbonyl (C=O) groups excluding carboxylic acids is 9. The van der Waals surface area contributed by atoms with Gasteiger partial charge in [0.15, 0.2) is 0 Å². The van der Waals surface area contributed by atoms with Crippen molar-refractivity contribution in [2.75, 3.05) is 159 Å². The molecular formula is C105H129N29O11. The van der Waals surface area contributed by atoms with Crippen molar-refractivity contribution >= 4 is 122 Å². The molecule has 6 atom stereocenters. The quantitative estimate of drug-likeness (QED) is 0.0325. The SMILES string of the molecule is CC1=C(C(=O)Nc2ccc3c(c2)C(c2ccnc(N4C[C@@H](C)N(CC5CCN(CC6CCN(c7ccc8c(c7)C(=O)N(C7CCC(=O)NC7=O)C8=O)CC6)CC5)[C@@H](C)C4)c2)=NC3)C(C)(C)n2nnnc2N1C.CC1=C(C(=O)O)C(C)(C)n2nnnc2N1C.C[C@@H]1CN(c2cc(-c3n[nH]c4ccc(N)cc34)ccn2)C[C@H](C)N1CC1CCN(CC2CCN(c3ccc4c(c3)C(=O)N(C3CCC(=O)NC3=O)C4=O)CC2)CC1. The zero-order chi connectivity index (χ0) is 102. The summed E-state index contributed by atoms with van der Waals surface area (Å²) < 4.78 is 3.20. The van der Waals surface area contributed by atoms with E-state index in [-0.39, 0.29) is 43.4 Å². The van der Waals surface area contributed by atoms with Gasteiger partial charge in [0.25, 0.3) is 29.5 Å². The number of aromatic nitrogens is 12. The fourth-order valence-electron chi connectivity index (χ4n) is 24.4. The lowest BCUT2D eigenvalue weighted by molar-refractivity contribution is -0.137. The number of rotatable bonds is 19. The highest BCUT2D eigenvalue weighted by Crippen LogP contribution is 2.43. The van der Waals surface area contributed by atoms with Gasteiger partial charge >= 0.3 is 5.97 Å². The highest BCUT2D eigenvalue weighted by Gasteiger charge is 2.50. The average Bonchev–Trinajstić information content (AvgIpc) is 1.70. The van der Waals surface area contributed by atoms with E-state index < -0.39 is 64.6 Å². The van der Waals surface area contributed by atoms with E-state index in [0.29, 0.717) is 111 Å². The van der Waals surface area contributed by atoms with Crippen molar-refractivity contribution in [1.29, 1.82) is 0 Å². The third-order valence-electron chi connectivity index (χ3n) is 32.7. The predicted octanol–water partition coefficient (Wildman–Crippen LogP) is 8.80. The maximum atomic E-state index is 14.0. The Morgan fingerprint density at radius 1 is 0.483 bits per heavy atom. The number of H-pyrrole nitrogens is 1. The van der Waals surface area contributed by atoms with Crippen molar-refractivity contribution in [3.63, 3.8) is 0 Å². The maximum absolute atomic E-state index is 14.0. The van der Waals surface area contributed by atoms with Crippen LogP contribution < -0.4 is 51.1 Å². The van der Waals surface area contributed by atoms with Crippen LogP contribution in [0, 0.1) is 23.7 Å². The second-order valence-corrected chi connectivity index (χ2v) is 42.7. The number of aliphatic carboxylic acids is 1. The van der Waals surface area contributed by atoms with Crippen molar-refractivity contribution in [2.24, 2.45) is 28.7 Å². The molecule has 13 aliphatic rings. The van der Waals surface area contributed by atoms with Crippen molar-refractivity contribution in [3.05, 3.63) is 171 Å². The number of carboxylic acid groups (broad SMARTS) is 1. The van der Waals surface area contributed by atoms with Gasteiger partial charge in [-0.05, 0) is 301 Å². The summed E-state index contributed by atoms with van der Waals surface area (Å²) in [5.74, 6) is 0.716. The lowest BCUT2D eigenvalue weighted by atomic mass is 9.89. The van der Waals surface area contributed by atoms with Crippen LogP contribution in [-0.2, 0) is 46.4 Å². The van der Waals surface area contributed by atoms with E-state index >= 15 is 0 Å². The Morgan fingerprint density at radius 2 is 0.924 bits per heavy atom. The molecule has 4 aromatic carbocycles. The minimum Gasteiger partial charge on any atom is -0.478 e. The molecule has 760 valence electrons. The molecule has 0 aliphatic carbocycles. The normalized spacial score (nSPS) is 23.7. The number of nitrogen functional groups attached to an aromatic ring is 1. The molecule has 0 spiro atoms. The molecule has 2 unspecified atom stereocenters. The van der Waals surface area contributed by atoms with Crippen LogP contribution >= 0.6 is 0 Å². The maximum Gasteiger partial charge on any atom is 0.335 e. The first-order valence-electron chi connectivity index (χ1n) is 51.1. The number of carbonyl (C=O) groups is 10. The number of nitrogens with one attached hydrogen (secondary N) is 4. The molecule has 7 N–H and O–H groups in total. The first kappa shape index (κ1) is 98.3. The van der Waals surface area contributed by atoms with Crippen LogP contribution in [0.25, 0.3) is 22.2 Å². The number of tetrazole rings is 2. The van der Waals surface area contributed by atoms with Crippen LogP contribution in [0.15, 0.2) is 137 Å². The van der Waals surface area contributed by atoms with Gasteiger partial charge in [-0.1, -0.05) is 16.3 Å². The molecule has 18 heterocycles. The Morgan fingerprint density at radius 3 is 1.40 bits per heavy atom. The van der Waals surface area contributed by atoms with E-state index in [1.165, 1.54) is 30.4 Å². The molecule has 8 saturated heterocycles. The molecule has 0 radical (unpaired) electrons. The van der Waals surface area contributed by atoms with E-state index in [2.05, 4.69) is 142 Å². The van der Waals surface area contributed by atoms with Crippen LogP contribution in [0.5, 0.6) is 0 Å². The minimum absolute atomic E-state index is 0.0998. The number of imide groups is 4. The molecule has 22 rings (SSSR count). The second kappa shape index (κ2) is 39.8. The molecule has 9 aromatic rings. The number of piperidine rings is 6. The van der Waals surface area contributed by atoms with Crippen molar-refractivity contribution < 1.29 is 53.1 Å². The summed E-state index contributed by atoms with van der Waals surface area (Å²) in [4.78, 5) is 167. The van der Waals surface area contributed by atoms with Gasteiger partial charge < -0.3 is 55.4 Å². The second-order valence-electron chi connectivity index (χ2n) is 42.7. The van der Waals surface area contributed by atoms with Gasteiger partial charge in [0.1, 0.15) is 29.4 Å². The van der Waals surface area contributed by atoms with Gasteiger partial charge in [-0.15, -0.1) is 0 Å². The van der Waals surface area contributed by atoms with Gasteiger partial charge in [0.05, 0.1) is 62.3 Å². The number of nitrogens with two attached hydrogens (primary N) is 1. The fraction of sp³-hybridized carbons (Fsp3) is 0.505. The number of likely N-dealkylation sites (tertiary alicyclic amines) is 2. The largest absolute Gasteiger partial charge is 0.478 e. The molecule has 13 aliphatic heterocycles. The number of pyridine rings is 2. The zero-order valence-electron chi connectivity index (χ0n) is 84.5. The number of hydrogen-bond acceptors (Lipinski definition) is 31. The summed E-state index contributed by atoms with van der Waals surface area (Å²) in [5.41, 5.74) is 18.5. The number of fused-ring (bicyclic) bond motifs is 6. The van der Waals surface area contributed by atoms with E-state index in [1.807, 2.05) is 106 Å². The standard InChI is InChI=1S/C53H64N14O5.C43H52N10O4.C9H13N5O2/c1-31-27-64(44-23-36(13-18-54-44)47-41-24-38(8-7-37(41)26-55-47)56-49(70)46-33(3)61(6)52-58-59-60-67(52)53(46,4)5)28-32(2)65(31)30-35-14-19-62(20-15-35)29-34-16-21-63(22-17-34)39-9-10-40-42(25-39)51(72)66(50(40)71)43-11-12-45(68)57-48(43)69;1-26-22-51(38-19-30(9-14-45-38)40-35-20-31(44)3-6-36(35)47-48-40)23-27(2)52(26)25-29-10-15-49(16-11-29)24-28-12-17-50(18-13-28)32-4-5-33-34(21-32)43(57)53(42(33)56)37-7-8-39(54)46-41(37)55;1-5-6(7(15)16)9(2,3)14-8(13(5)4)10-11-12-14/h7-10,13,18,23-25,31-32,34-35,43H,11-12,14-17,19-22,26-30H2,1-6H3,(H,56,70)(H,57,68,69);3-6,9,14,19-21,26-29,37H,7-8,10-13,15-18,22-25,44H2,1-2H3,(H,47,48)(H,46,54,55);1-4H3,(H,15,16)/t31-,32+,43?;26-,27+,37?;. The van der Waals surface area contributed by atoms with Crippen molar-refractivity contribution in [3.8, 4) is 11.3 Å². The first-order valence-corrected chi connectivity index (χ1v) is 51.1. The minimum atomic E-state index is -0.964. The van der Waals surface area contributed by atoms with Crippen molar-refractivity contribution in [1.82, 2.24) is 101 Å². The lowest BCUT2D eigenvalue weighted by Gasteiger charge is -2.47. The molecule has 0 saturated carbocycles. The molecule has 5 aromatic heterocycles. The van der Waals surface area contributed by atoms with E-state index in [1.54, 1.807) is 55.6 Å². The van der Waals surface area contributed by atoms with E-state index in [9.17, 15) is 53.1 Å². The van der Waals surface area contributed by atoms with Gasteiger partial charge in [-0.25, -0.2) is 24.1 Å². The number of aromatic amines is 1.